The first-order chi connectivity index (χ1) is 10.3. The van der Waals surface area contributed by atoms with Gasteiger partial charge in [0, 0.05) is 36.8 Å². The van der Waals surface area contributed by atoms with Crippen molar-refractivity contribution in [2.75, 3.05) is 6.26 Å². The van der Waals surface area contributed by atoms with Crippen molar-refractivity contribution >= 4 is 9.84 Å². The van der Waals surface area contributed by atoms with Gasteiger partial charge in [0.25, 0.3) is 0 Å². The summed E-state index contributed by atoms with van der Waals surface area (Å²) >= 11 is 0. The predicted molar refractivity (Wildman–Crippen MR) is 77.9 cm³/mol. The van der Waals surface area contributed by atoms with Gasteiger partial charge in [-0.3, -0.25) is 9.36 Å². The van der Waals surface area contributed by atoms with Crippen molar-refractivity contribution in [1.82, 2.24) is 24.7 Å². The summed E-state index contributed by atoms with van der Waals surface area (Å²) in [5.41, 5.74) is 2.57. The lowest BCUT2D eigenvalue weighted by atomic mass is 10.2. The molecule has 0 atom stereocenters. The topological polar surface area (TPSA) is 95.8 Å². The van der Waals surface area contributed by atoms with Crippen LogP contribution in [0.1, 0.15) is 11.5 Å². The van der Waals surface area contributed by atoms with Crippen LogP contribution in [0.3, 0.4) is 0 Å². The maximum atomic E-state index is 11.4. The van der Waals surface area contributed by atoms with Crippen molar-refractivity contribution < 1.29 is 12.9 Å². The van der Waals surface area contributed by atoms with Gasteiger partial charge in [-0.1, -0.05) is 5.16 Å². The lowest BCUT2D eigenvalue weighted by molar-refractivity contribution is 0.373. The molecular formula is C13H15N5O3S. The standard InChI is InChI=1S/C13H15N5O3S/c1-9-12(6-14-17(9)2)13-4-10(21-16-13)7-18-8-11(5-15-18)22(3,19)20/h4-6,8H,7H2,1-3H3. The molecule has 0 amide bonds. The van der Waals surface area contributed by atoms with Crippen LogP contribution in [0.15, 0.2) is 34.1 Å². The van der Waals surface area contributed by atoms with Gasteiger partial charge in [-0.05, 0) is 6.92 Å². The van der Waals surface area contributed by atoms with Crippen LogP contribution < -0.4 is 0 Å². The maximum Gasteiger partial charge on any atom is 0.178 e. The summed E-state index contributed by atoms with van der Waals surface area (Å²) in [6.07, 6.45) is 5.66. The average molecular weight is 321 g/mol. The molecule has 3 rings (SSSR count). The van der Waals surface area contributed by atoms with Gasteiger partial charge in [0.15, 0.2) is 15.6 Å². The Balaban J connectivity index is 1.83. The average Bonchev–Trinajstić information content (AvgIpc) is 3.13. The predicted octanol–water partition coefficient (Wildman–Crippen LogP) is 1.03. The molecule has 0 aliphatic heterocycles. The number of aromatic nitrogens is 5. The van der Waals surface area contributed by atoms with E-state index in [9.17, 15) is 8.42 Å². The molecule has 8 nitrogen and oxygen atoms in total. The van der Waals surface area contributed by atoms with Gasteiger partial charge >= 0.3 is 0 Å². The van der Waals surface area contributed by atoms with Crippen LogP contribution in [0.25, 0.3) is 11.3 Å². The number of hydrogen-bond acceptors (Lipinski definition) is 6. The molecular weight excluding hydrogens is 306 g/mol. The summed E-state index contributed by atoms with van der Waals surface area (Å²) in [5, 5.41) is 12.2. The second-order valence-corrected chi connectivity index (χ2v) is 7.11. The van der Waals surface area contributed by atoms with Gasteiger partial charge in [0.05, 0.1) is 12.4 Å². The van der Waals surface area contributed by atoms with E-state index in [0.717, 1.165) is 17.5 Å². The monoisotopic (exact) mass is 321 g/mol. The van der Waals surface area contributed by atoms with E-state index in [1.54, 1.807) is 16.9 Å². The molecule has 0 saturated carbocycles. The molecule has 3 heterocycles. The summed E-state index contributed by atoms with van der Waals surface area (Å²) in [4.78, 5) is 0.176. The van der Waals surface area contributed by atoms with E-state index < -0.39 is 9.84 Å². The van der Waals surface area contributed by atoms with Crippen LogP contribution in [-0.2, 0) is 23.4 Å². The van der Waals surface area contributed by atoms with Crippen LogP contribution in [0, 0.1) is 6.92 Å². The first-order valence-electron chi connectivity index (χ1n) is 6.51. The fourth-order valence-electron chi connectivity index (χ4n) is 2.05. The highest BCUT2D eigenvalue weighted by atomic mass is 32.2. The minimum Gasteiger partial charge on any atom is -0.359 e. The fraction of sp³-hybridized carbons (Fsp3) is 0.308. The molecule has 22 heavy (non-hydrogen) atoms. The highest BCUT2D eigenvalue weighted by Gasteiger charge is 2.14. The van der Waals surface area contributed by atoms with Gasteiger partial charge in [-0.25, -0.2) is 8.42 Å². The summed E-state index contributed by atoms with van der Waals surface area (Å²) in [6.45, 7) is 2.25. The van der Waals surface area contributed by atoms with E-state index in [1.165, 1.54) is 17.1 Å². The minimum atomic E-state index is -3.26. The molecule has 3 aromatic heterocycles. The normalized spacial score (nSPS) is 12.0. The maximum absolute atomic E-state index is 11.4. The Bertz CT molecular complexity index is 919. The SMILES string of the molecule is Cc1c(-c2cc(Cn3cc(S(C)(=O)=O)cn3)on2)cnn1C. The first-order valence-corrected chi connectivity index (χ1v) is 8.41. The Morgan fingerprint density at radius 1 is 1.27 bits per heavy atom. The summed E-state index contributed by atoms with van der Waals surface area (Å²) in [6, 6.07) is 1.80. The van der Waals surface area contributed by atoms with Crippen LogP contribution in [0.4, 0.5) is 0 Å². The van der Waals surface area contributed by atoms with Gasteiger partial charge in [-0.2, -0.15) is 10.2 Å². The molecule has 0 unspecified atom stereocenters. The van der Waals surface area contributed by atoms with Crippen molar-refractivity contribution in [1.29, 1.82) is 0 Å². The highest BCUT2D eigenvalue weighted by Crippen LogP contribution is 2.22. The number of aryl methyl sites for hydroxylation is 1. The lowest BCUT2D eigenvalue weighted by Gasteiger charge is -1.95. The highest BCUT2D eigenvalue weighted by molar-refractivity contribution is 7.90. The lowest BCUT2D eigenvalue weighted by Crippen LogP contribution is -1.99. The molecule has 0 saturated heterocycles. The third kappa shape index (κ3) is 2.67. The van der Waals surface area contributed by atoms with E-state index in [1.807, 2.05) is 14.0 Å². The molecule has 3 aromatic rings. The fourth-order valence-corrected chi connectivity index (χ4v) is 2.60. The van der Waals surface area contributed by atoms with E-state index in [4.69, 9.17) is 4.52 Å². The van der Waals surface area contributed by atoms with E-state index >= 15 is 0 Å². The summed E-state index contributed by atoms with van der Waals surface area (Å²) in [5.74, 6) is 0.585. The van der Waals surface area contributed by atoms with Gasteiger partial charge < -0.3 is 4.52 Å². The molecule has 0 spiro atoms. The smallest absolute Gasteiger partial charge is 0.178 e. The zero-order chi connectivity index (χ0) is 15.9. The zero-order valence-corrected chi connectivity index (χ0v) is 13.2. The van der Waals surface area contributed by atoms with Crippen molar-refractivity contribution in [3.8, 4) is 11.3 Å². The van der Waals surface area contributed by atoms with Crippen molar-refractivity contribution in [3.63, 3.8) is 0 Å². The third-order valence-corrected chi connectivity index (χ3v) is 4.49. The van der Waals surface area contributed by atoms with Gasteiger partial charge in [0.1, 0.15) is 17.1 Å². The Labute approximate surface area is 127 Å². The summed E-state index contributed by atoms with van der Waals surface area (Å²) < 4.78 is 31.4. The number of nitrogens with zero attached hydrogens (tertiary/aromatic N) is 5. The van der Waals surface area contributed by atoms with Crippen molar-refractivity contribution in [2.45, 2.75) is 18.4 Å². The van der Waals surface area contributed by atoms with E-state index in [0.29, 0.717) is 18.0 Å². The number of sulfone groups is 1. The Morgan fingerprint density at radius 2 is 2.05 bits per heavy atom. The van der Waals surface area contributed by atoms with E-state index in [-0.39, 0.29) is 4.90 Å². The second-order valence-electron chi connectivity index (χ2n) is 5.09. The van der Waals surface area contributed by atoms with Gasteiger partial charge in [-0.15, -0.1) is 0 Å². The number of rotatable bonds is 4. The molecule has 0 aromatic carbocycles. The number of hydrogen-bond donors (Lipinski definition) is 0. The largest absolute Gasteiger partial charge is 0.359 e. The molecule has 0 radical (unpaired) electrons. The Hall–Kier alpha value is -2.42. The van der Waals surface area contributed by atoms with Crippen molar-refractivity contribution in [2.24, 2.45) is 7.05 Å². The molecule has 0 aliphatic rings. The molecule has 0 bridgehead atoms. The third-order valence-electron chi connectivity index (χ3n) is 3.43. The molecule has 9 heteroatoms. The van der Waals surface area contributed by atoms with Crippen LogP contribution >= 0.6 is 0 Å². The van der Waals surface area contributed by atoms with Crippen molar-refractivity contribution in [3.05, 3.63) is 36.1 Å². The quantitative estimate of drug-likeness (QED) is 0.712. The Kier molecular flexibility index (Phi) is 3.36. The van der Waals surface area contributed by atoms with Crippen LogP contribution in [-0.4, -0.2) is 39.4 Å². The second kappa shape index (κ2) is 5.09. The van der Waals surface area contributed by atoms with Gasteiger partial charge in [0.2, 0.25) is 0 Å². The molecule has 116 valence electrons. The molecule has 0 fully saturated rings. The first kappa shape index (κ1) is 14.5. The minimum absolute atomic E-state index is 0.176. The summed E-state index contributed by atoms with van der Waals surface area (Å²) in [7, 11) is -1.40. The van der Waals surface area contributed by atoms with E-state index in [2.05, 4.69) is 15.4 Å². The van der Waals surface area contributed by atoms with Crippen LogP contribution in [0.2, 0.25) is 0 Å². The molecule has 0 N–H and O–H groups in total. The Morgan fingerprint density at radius 3 is 2.64 bits per heavy atom. The van der Waals surface area contributed by atoms with Crippen LogP contribution in [0.5, 0.6) is 0 Å². The molecule has 0 aliphatic carbocycles. The zero-order valence-electron chi connectivity index (χ0n) is 12.4.